The number of carbonyl (C=O) groups is 1. The lowest BCUT2D eigenvalue weighted by atomic mass is 10.2. The van der Waals surface area contributed by atoms with Crippen LogP contribution < -0.4 is 5.32 Å². The normalized spacial score (nSPS) is 10.8. The zero-order valence-electron chi connectivity index (χ0n) is 10.3. The second-order valence-corrected chi connectivity index (χ2v) is 5.21. The zero-order valence-corrected chi connectivity index (χ0v) is 11.9. The molecule has 98 valence electrons. The SMILES string of the molecule is O=C(C=Cc1ccccc1Cl)NCCc1ccsc1. The van der Waals surface area contributed by atoms with Crippen molar-refractivity contribution in [2.75, 3.05) is 6.54 Å². The highest BCUT2D eigenvalue weighted by molar-refractivity contribution is 7.07. The van der Waals surface area contributed by atoms with Crippen molar-refractivity contribution in [2.24, 2.45) is 0 Å². The minimum Gasteiger partial charge on any atom is -0.352 e. The maximum Gasteiger partial charge on any atom is 0.244 e. The molecule has 0 aliphatic heterocycles. The van der Waals surface area contributed by atoms with E-state index >= 15 is 0 Å². The molecular formula is C15H14ClNOS. The number of hydrogen-bond donors (Lipinski definition) is 1. The van der Waals surface area contributed by atoms with Crippen LogP contribution in [0.4, 0.5) is 0 Å². The predicted octanol–water partition coefficient (Wildman–Crippen LogP) is 3.77. The molecule has 0 aliphatic carbocycles. The number of halogens is 1. The standard InChI is InChI=1S/C15H14ClNOS/c16-14-4-2-1-3-13(14)5-6-15(18)17-9-7-12-8-10-19-11-12/h1-6,8,10-11H,7,9H2,(H,17,18). The summed E-state index contributed by atoms with van der Waals surface area (Å²) < 4.78 is 0. The summed E-state index contributed by atoms with van der Waals surface area (Å²) in [6, 6.07) is 9.49. The number of amides is 1. The molecule has 0 spiro atoms. The number of thiophene rings is 1. The molecule has 0 saturated carbocycles. The summed E-state index contributed by atoms with van der Waals surface area (Å²) in [5.41, 5.74) is 2.09. The monoisotopic (exact) mass is 291 g/mol. The van der Waals surface area contributed by atoms with Gasteiger partial charge in [-0.2, -0.15) is 11.3 Å². The Kier molecular flexibility index (Phi) is 5.19. The van der Waals surface area contributed by atoms with Crippen LogP contribution in [0.1, 0.15) is 11.1 Å². The van der Waals surface area contributed by atoms with Gasteiger partial charge < -0.3 is 5.32 Å². The number of hydrogen-bond acceptors (Lipinski definition) is 2. The van der Waals surface area contributed by atoms with E-state index < -0.39 is 0 Å². The summed E-state index contributed by atoms with van der Waals surface area (Å²) in [5.74, 6) is -0.102. The summed E-state index contributed by atoms with van der Waals surface area (Å²) in [4.78, 5) is 11.6. The molecule has 1 amide bonds. The summed E-state index contributed by atoms with van der Waals surface area (Å²) in [6.07, 6.45) is 4.09. The van der Waals surface area contributed by atoms with Gasteiger partial charge in [0.15, 0.2) is 0 Å². The van der Waals surface area contributed by atoms with Crippen molar-refractivity contribution in [3.05, 3.63) is 63.3 Å². The van der Waals surface area contributed by atoms with E-state index in [4.69, 9.17) is 11.6 Å². The van der Waals surface area contributed by atoms with Crippen molar-refractivity contribution >= 4 is 34.9 Å². The molecule has 2 aromatic rings. The van der Waals surface area contributed by atoms with Gasteiger partial charge in [-0.1, -0.05) is 29.8 Å². The third-order valence-electron chi connectivity index (χ3n) is 2.61. The van der Waals surface area contributed by atoms with E-state index in [0.717, 1.165) is 12.0 Å². The largest absolute Gasteiger partial charge is 0.352 e. The fraction of sp³-hybridized carbons (Fsp3) is 0.133. The van der Waals surface area contributed by atoms with Gasteiger partial charge in [-0.25, -0.2) is 0 Å². The second-order valence-electron chi connectivity index (χ2n) is 4.03. The van der Waals surface area contributed by atoms with Crippen molar-refractivity contribution in [1.29, 1.82) is 0 Å². The number of nitrogens with one attached hydrogen (secondary N) is 1. The van der Waals surface area contributed by atoms with Crippen molar-refractivity contribution in [3.63, 3.8) is 0 Å². The van der Waals surface area contributed by atoms with Crippen LogP contribution in [0.25, 0.3) is 6.08 Å². The number of benzene rings is 1. The minimum atomic E-state index is -0.102. The fourth-order valence-electron chi connectivity index (χ4n) is 1.60. The quantitative estimate of drug-likeness (QED) is 0.835. The molecule has 1 N–H and O–H groups in total. The molecule has 0 bridgehead atoms. The molecule has 0 unspecified atom stereocenters. The molecule has 1 heterocycles. The number of carbonyl (C=O) groups excluding carboxylic acids is 1. The maximum atomic E-state index is 11.6. The first-order valence-electron chi connectivity index (χ1n) is 5.97. The van der Waals surface area contributed by atoms with Crippen LogP contribution in [0.2, 0.25) is 5.02 Å². The van der Waals surface area contributed by atoms with E-state index in [-0.39, 0.29) is 5.91 Å². The molecular weight excluding hydrogens is 278 g/mol. The summed E-state index contributed by atoms with van der Waals surface area (Å²) in [6.45, 7) is 0.641. The lowest BCUT2D eigenvalue weighted by Gasteiger charge is -2.01. The van der Waals surface area contributed by atoms with Gasteiger partial charge in [0.25, 0.3) is 0 Å². The average molecular weight is 292 g/mol. The van der Waals surface area contributed by atoms with Gasteiger partial charge in [0, 0.05) is 17.6 Å². The smallest absolute Gasteiger partial charge is 0.244 e. The molecule has 2 nitrogen and oxygen atoms in total. The van der Waals surface area contributed by atoms with E-state index in [1.807, 2.05) is 23.6 Å². The molecule has 0 fully saturated rings. The third-order valence-corrected chi connectivity index (χ3v) is 3.69. The average Bonchev–Trinajstić information content (AvgIpc) is 2.91. The van der Waals surface area contributed by atoms with Crippen LogP contribution in [-0.2, 0) is 11.2 Å². The van der Waals surface area contributed by atoms with Gasteiger partial charge in [0.1, 0.15) is 0 Å². The summed E-state index contributed by atoms with van der Waals surface area (Å²) in [7, 11) is 0. The first kappa shape index (κ1) is 13.8. The Morgan fingerprint density at radius 3 is 2.89 bits per heavy atom. The Balaban J connectivity index is 1.79. The van der Waals surface area contributed by atoms with Crippen LogP contribution in [0.5, 0.6) is 0 Å². The maximum absolute atomic E-state index is 11.6. The Morgan fingerprint density at radius 2 is 2.16 bits per heavy atom. The molecule has 0 radical (unpaired) electrons. The molecule has 0 aliphatic rings. The lowest BCUT2D eigenvalue weighted by molar-refractivity contribution is -0.116. The molecule has 4 heteroatoms. The van der Waals surface area contributed by atoms with Gasteiger partial charge in [-0.3, -0.25) is 4.79 Å². The molecule has 19 heavy (non-hydrogen) atoms. The van der Waals surface area contributed by atoms with E-state index in [2.05, 4.69) is 16.8 Å². The molecule has 0 atom stereocenters. The van der Waals surface area contributed by atoms with Crippen LogP contribution in [0.15, 0.2) is 47.2 Å². The van der Waals surface area contributed by atoms with Crippen LogP contribution in [-0.4, -0.2) is 12.5 Å². The Morgan fingerprint density at radius 1 is 1.32 bits per heavy atom. The van der Waals surface area contributed by atoms with Crippen molar-refractivity contribution in [2.45, 2.75) is 6.42 Å². The zero-order chi connectivity index (χ0) is 13.5. The Hall–Kier alpha value is -1.58. The van der Waals surface area contributed by atoms with Crippen LogP contribution in [0, 0.1) is 0 Å². The van der Waals surface area contributed by atoms with Crippen LogP contribution >= 0.6 is 22.9 Å². The first-order valence-corrected chi connectivity index (χ1v) is 7.29. The van der Waals surface area contributed by atoms with E-state index in [1.165, 1.54) is 11.6 Å². The van der Waals surface area contributed by atoms with E-state index in [0.29, 0.717) is 11.6 Å². The molecule has 1 aromatic heterocycles. The van der Waals surface area contributed by atoms with Gasteiger partial charge in [0.05, 0.1) is 0 Å². The van der Waals surface area contributed by atoms with Crippen molar-refractivity contribution in [1.82, 2.24) is 5.32 Å². The highest BCUT2D eigenvalue weighted by Gasteiger charge is 1.98. The number of rotatable bonds is 5. The van der Waals surface area contributed by atoms with Crippen molar-refractivity contribution in [3.8, 4) is 0 Å². The third kappa shape index (κ3) is 4.54. The molecule has 2 rings (SSSR count). The first-order chi connectivity index (χ1) is 9.25. The Bertz CT molecular complexity index is 563. The predicted molar refractivity (Wildman–Crippen MR) is 81.5 cm³/mol. The fourth-order valence-corrected chi connectivity index (χ4v) is 2.50. The Labute approximate surface area is 121 Å². The summed E-state index contributed by atoms with van der Waals surface area (Å²) >= 11 is 7.66. The topological polar surface area (TPSA) is 29.1 Å². The van der Waals surface area contributed by atoms with Gasteiger partial charge >= 0.3 is 0 Å². The highest BCUT2D eigenvalue weighted by atomic mass is 35.5. The van der Waals surface area contributed by atoms with Crippen LogP contribution in [0.3, 0.4) is 0 Å². The lowest BCUT2D eigenvalue weighted by Crippen LogP contribution is -2.23. The minimum absolute atomic E-state index is 0.102. The summed E-state index contributed by atoms with van der Waals surface area (Å²) in [5, 5.41) is 7.62. The van der Waals surface area contributed by atoms with Crippen molar-refractivity contribution < 1.29 is 4.79 Å². The van der Waals surface area contributed by atoms with Gasteiger partial charge in [0.2, 0.25) is 5.91 Å². The highest BCUT2D eigenvalue weighted by Crippen LogP contribution is 2.15. The van der Waals surface area contributed by atoms with Gasteiger partial charge in [-0.05, 0) is 46.5 Å². The second kappa shape index (κ2) is 7.12. The molecule has 0 saturated heterocycles. The molecule has 1 aromatic carbocycles. The van der Waals surface area contributed by atoms with Gasteiger partial charge in [-0.15, -0.1) is 0 Å². The van der Waals surface area contributed by atoms with E-state index in [9.17, 15) is 4.79 Å². The van der Waals surface area contributed by atoms with E-state index in [1.54, 1.807) is 23.5 Å².